The van der Waals surface area contributed by atoms with Gasteiger partial charge in [-0.2, -0.15) is 0 Å². The third-order valence-electron chi connectivity index (χ3n) is 3.63. The smallest absolute Gasteiger partial charge is 0.254 e. The van der Waals surface area contributed by atoms with E-state index in [1.807, 2.05) is 0 Å². The van der Waals surface area contributed by atoms with Gasteiger partial charge in [0.2, 0.25) is 10.0 Å². The molecule has 3 N–H and O–H groups in total. The van der Waals surface area contributed by atoms with Crippen LogP contribution in [0.3, 0.4) is 0 Å². The second-order valence-corrected chi connectivity index (χ2v) is 7.80. The lowest BCUT2D eigenvalue weighted by molar-refractivity contribution is 0.0303. The van der Waals surface area contributed by atoms with E-state index in [2.05, 4.69) is 4.72 Å². The van der Waals surface area contributed by atoms with Crippen molar-refractivity contribution in [3.63, 3.8) is 0 Å². The molecular weight excluding hydrogens is 318 g/mol. The van der Waals surface area contributed by atoms with E-state index in [4.69, 9.17) is 10.5 Å². The number of nitrogens with zero attached hydrogens (tertiary/aromatic N) is 1. The third-order valence-corrected chi connectivity index (χ3v) is 5.34. The summed E-state index contributed by atoms with van der Waals surface area (Å²) in [4.78, 5) is 14.1. The molecule has 0 saturated carbocycles. The highest BCUT2D eigenvalue weighted by atomic mass is 32.2. The number of amides is 1. The Kier molecular flexibility index (Phi) is 5.41. The van der Waals surface area contributed by atoms with Gasteiger partial charge in [0, 0.05) is 30.7 Å². The maximum Gasteiger partial charge on any atom is 0.254 e. The molecule has 2 rings (SSSR count). The highest BCUT2D eigenvalue weighted by Gasteiger charge is 2.25. The van der Waals surface area contributed by atoms with Crippen LogP contribution < -0.4 is 10.5 Å². The Morgan fingerprint density at radius 3 is 2.35 bits per heavy atom. The zero-order valence-corrected chi connectivity index (χ0v) is 14.2. The van der Waals surface area contributed by atoms with Crippen LogP contribution >= 0.6 is 0 Å². The van der Waals surface area contributed by atoms with E-state index < -0.39 is 15.6 Å². The fraction of sp³-hybridized carbons (Fsp3) is 0.533. The Morgan fingerprint density at radius 2 is 1.83 bits per heavy atom. The lowest BCUT2D eigenvalue weighted by Gasteiger charge is -2.27. The molecule has 0 bridgehead atoms. The molecule has 0 aromatic heterocycles. The number of carbonyl (C=O) groups is 1. The second kappa shape index (κ2) is 6.96. The molecule has 0 radical (unpaired) electrons. The quantitative estimate of drug-likeness (QED) is 0.795. The zero-order valence-electron chi connectivity index (χ0n) is 13.4. The summed E-state index contributed by atoms with van der Waals surface area (Å²) >= 11 is 0. The van der Waals surface area contributed by atoms with E-state index in [1.54, 1.807) is 18.7 Å². The third kappa shape index (κ3) is 4.51. The van der Waals surface area contributed by atoms with Crippen molar-refractivity contribution < 1.29 is 17.9 Å². The molecule has 8 heteroatoms. The minimum atomic E-state index is -3.67. The lowest BCUT2D eigenvalue weighted by atomic mass is 10.1. The maximum absolute atomic E-state index is 12.3. The number of hydrogen-bond acceptors (Lipinski definition) is 5. The molecule has 7 nitrogen and oxygen atoms in total. The molecule has 1 aliphatic rings. The molecule has 1 amide bonds. The highest BCUT2D eigenvalue weighted by Crippen LogP contribution is 2.15. The highest BCUT2D eigenvalue weighted by molar-refractivity contribution is 7.89. The number of rotatable bonds is 5. The Bertz CT molecular complexity index is 650. The number of hydrogen-bond donors (Lipinski definition) is 2. The minimum absolute atomic E-state index is 0.109. The van der Waals surface area contributed by atoms with Gasteiger partial charge in [-0.1, -0.05) is 0 Å². The number of sulfonamides is 1. The molecule has 0 atom stereocenters. The summed E-state index contributed by atoms with van der Waals surface area (Å²) in [6.45, 7) is 5.74. The van der Waals surface area contributed by atoms with Crippen molar-refractivity contribution >= 4 is 15.9 Å². The Hall–Kier alpha value is -1.48. The van der Waals surface area contributed by atoms with Gasteiger partial charge in [0.1, 0.15) is 0 Å². The molecule has 1 saturated heterocycles. The average molecular weight is 341 g/mol. The predicted octanol–water partition coefficient (Wildman–Crippen LogP) is 0.175. The molecule has 1 aliphatic heterocycles. The number of nitrogens with two attached hydrogens (primary N) is 1. The fourth-order valence-electron chi connectivity index (χ4n) is 2.19. The number of nitrogens with one attached hydrogen (secondary N) is 1. The van der Waals surface area contributed by atoms with Crippen LogP contribution in [0.25, 0.3) is 0 Å². The molecule has 1 aromatic rings. The van der Waals surface area contributed by atoms with E-state index in [-0.39, 0.29) is 17.3 Å². The van der Waals surface area contributed by atoms with Crippen molar-refractivity contribution in [1.29, 1.82) is 0 Å². The summed E-state index contributed by atoms with van der Waals surface area (Å²) in [5.74, 6) is -0.118. The van der Waals surface area contributed by atoms with Gasteiger partial charge in [-0.05, 0) is 38.1 Å². The van der Waals surface area contributed by atoms with Crippen LogP contribution in [-0.2, 0) is 14.8 Å². The Balaban J connectivity index is 2.14. The second-order valence-electron chi connectivity index (χ2n) is 6.12. The van der Waals surface area contributed by atoms with Crippen molar-refractivity contribution in [3.05, 3.63) is 29.8 Å². The summed E-state index contributed by atoms with van der Waals surface area (Å²) in [6, 6.07) is 5.93. The van der Waals surface area contributed by atoms with E-state index in [9.17, 15) is 13.2 Å². The number of ether oxygens (including phenoxy) is 1. The first kappa shape index (κ1) is 17.9. The van der Waals surface area contributed by atoms with Gasteiger partial charge in [0.05, 0.1) is 18.1 Å². The van der Waals surface area contributed by atoms with Gasteiger partial charge in [-0.15, -0.1) is 0 Å². The van der Waals surface area contributed by atoms with Crippen LogP contribution in [0.4, 0.5) is 0 Å². The summed E-state index contributed by atoms with van der Waals surface area (Å²) in [6.07, 6.45) is 0. The van der Waals surface area contributed by atoms with Gasteiger partial charge in [-0.3, -0.25) is 4.79 Å². The summed E-state index contributed by atoms with van der Waals surface area (Å²) < 4.78 is 32.4. The van der Waals surface area contributed by atoms with E-state index >= 15 is 0 Å². The van der Waals surface area contributed by atoms with E-state index in [0.717, 1.165) is 0 Å². The summed E-state index contributed by atoms with van der Waals surface area (Å²) in [5, 5.41) is 0. The molecular formula is C15H23N3O4S. The Labute approximate surface area is 136 Å². The van der Waals surface area contributed by atoms with Gasteiger partial charge >= 0.3 is 0 Å². The van der Waals surface area contributed by atoms with Crippen molar-refractivity contribution in [2.24, 2.45) is 5.73 Å². The van der Waals surface area contributed by atoms with Crippen LogP contribution in [0.5, 0.6) is 0 Å². The summed E-state index contributed by atoms with van der Waals surface area (Å²) in [7, 11) is -3.67. The maximum atomic E-state index is 12.3. The number of morpholine rings is 1. The van der Waals surface area contributed by atoms with Crippen molar-refractivity contribution in [3.8, 4) is 0 Å². The normalized spacial score (nSPS) is 16.4. The largest absolute Gasteiger partial charge is 0.378 e. The SMILES string of the molecule is CC(C)(CN)NS(=O)(=O)c1ccc(C(=O)N2CCOCC2)cc1. The van der Waals surface area contributed by atoms with Gasteiger partial charge in [0.25, 0.3) is 5.91 Å². The number of carbonyl (C=O) groups excluding carboxylic acids is 1. The molecule has 1 aromatic carbocycles. The van der Waals surface area contributed by atoms with Crippen molar-refractivity contribution in [2.45, 2.75) is 24.3 Å². The van der Waals surface area contributed by atoms with Gasteiger partial charge in [-0.25, -0.2) is 13.1 Å². The Morgan fingerprint density at radius 1 is 1.26 bits per heavy atom. The van der Waals surface area contributed by atoms with Crippen LogP contribution in [0, 0.1) is 0 Å². The van der Waals surface area contributed by atoms with E-state index in [1.165, 1.54) is 24.3 Å². The topological polar surface area (TPSA) is 102 Å². The van der Waals surface area contributed by atoms with Crippen LogP contribution in [0.15, 0.2) is 29.2 Å². The summed E-state index contributed by atoms with van der Waals surface area (Å²) in [5.41, 5.74) is 5.28. The van der Waals surface area contributed by atoms with Crippen molar-refractivity contribution in [2.75, 3.05) is 32.8 Å². The van der Waals surface area contributed by atoms with Gasteiger partial charge < -0.3 is 15.4 Å². The number of benzene rings is 1. The minimum Gasteiger partial charge on any atom is -0.378 e. The van der Waals surface area contributed by atoms with E-state index in [0.29, 0.717) is 31.9 Å². The predicted molar refractivity (Wildman–Crippen MR) is 86.6 cm³/mol. The molecule has 1 heterocycles. The lowest BCUT2D eigenvalue weighted by Crippen LogP contribution is -2.48. The molecule has 128 valence electrons. The fourth-order valence-corrected chi connectivity index (χ4v) is 3.61. The molecule has 0 unspecified atom stereocenters. The van der Waals surface area contributed by atoms with Crippen LogP contribution in [-0.4, -0.2) is 57.6 Å². The van der Waals surface area contributed by atoms with Gasteiger partial charge in [0.15, 0.2) is 0 Å². The average Bonchev–Trinajstić information content (AvgIpc) is 2.54. The molecule has 23 heavy (non-hydrogen) atoms. The van der Waals surface area contributed by atoms with Crippen LogP contribution in [0.2, 0.25) is 0 Å². The molecule has 0 spiro atoms. The first-order valence-electron chi connectivity index (χ1n) is 7.46. The molecule has 1 fully saturated rings. The van der Waals surface area contributed by atoms with Crippen molar-refractivity contribution in [1.82, 2.24) is 9.62 Å². The van der Waals surface area contributed by atoms with Crippen LogP contribution in [0.1, 0.15) is 24.2 Å². The molecule has 0 aliphatic carbocycles. The zero-order chi connectivity index (χ0) is 17.1. The monoisotopic (exact) mass is 341 g/mol. The first-order valence-corrected chi connectivity index (χ1v) is 8.95. The standard InChI is InChI=1S/C15H23N3O4S/c1-15(2,11-16)17-23(20,21)13-5-3-12(4-6-13)14(19)18-7-9-22-10-8-18/h3-6,17H,7-11,16H2,1-2H3. The first-order chi connectivity index (χ1) is 10.7.